The molecule has 0 fully saturated rings. The molecular weight excluding hydrogens is 344 g/mol. The predicted molar refractivity (Wildman–Crippen MR) is 93.0 cm³/mol. The van der Waals surface area contributed by atoms with Crippen LogP contribution in [0.1, 0.15) is 26.5 Å². The Morgan fingerprint density at radius 3 is 2.52 bits per heavy atom. The monoisotopic (exact) mass is 356 g/mol. The topological polar surface area (TPSA) is 92.4 Å². The summed E-state index contributed by atoms with van der Waals surface area (Å²) >= 11 is 6.18. The van der Waals surface area contributed by atoms with Gasteiger partial charge in [0.25, 0.3) is 5.91 Å². The third-order valence-corrected chi connectivity index (χ3v) is 3.95. The number of hydrogen-bond donors (Lipinski definition) is 2. The summed E-state index contributed by atoms with van der Waals surface area (Å²) in [6.07, 6.45) is 0. The van der Waals surface area contributed by atoms with Crippen molar-refractivity contribution in [2.24, 2.45) is 0 Å². The lowest BCUT2D eigenvalue weighted by atomic mass is 10.1. The molecule has 3 rings (SSSR count). The molecule has 0 spiro atoms. The van der Waals surface area contributed by atoms with Gasteiger partial charge in [-0.1, -0.05) is 47.1 Å². The second kappa shape index (κ2) is 6.78. The SMILES string of the molecule is Cc1onc(-c2ccccc2Cl)c1C(=O)Nc1ccccc1C(=O)O. The van der Waals surface area contributed by atoms with Crippen molar-refractivity contribution < 1.29 is 19.2 Å². The summed E-state index contributed by atoms with van der Waals surface area (Å²) in [4.78, 5) is 24.0. The molecule has 6 nitrogen and oxygen atoms in total. The van der Waals surface area contributed by atoms with Gasteiger partial charge in [0.1, 0.15) is 17.0 Å². The molecule has 0 saturated heterocycles. The Morgan fingerprint density at radius 1 is 1.12 bits per heavy atom. The van der Waals surface area contributed by atoms with E-state index < -0.39 is 11.9 Å². The van der Waals surface area contributed by atoms with Crippen molar-refractivity contribution in [3.05, 3.63) is 70.4 Å². The minimum atomic E-state index is -1.13. The van der Waals surface area contributed by atoms with E-state index in [1.54, 1.807) is 43.3 Å². The normalized spacial score (nSPS) is 10.5. The highest BCUT2D eigenvalue weighted by Crippen LogP contribution is 2.31. The van der Waals surface area contributed by atoms with E-state index in [4.69, 9.17) is 16.1 Å². The lowest BCUT2D eigenvalue weighted by molar-refractivity contribution is 0.0698. The molecule has 2 aromatic carbocycles. The number of rotatable bonds is 4. The molecule has 0 saturated carbocycles. The van der Waals surface area contributed by atoms with Crippen LogP contribution in [0.3, 0.4) is 0 Å². The highest BCUT2D eigenvalue weighted by atomic mass is 35.5. The number of hydrogen-bond acceptors (Lipinski definition) is 4. The largest absolute Gasteiger partial charge is 0.478 e. The summed E-state index contributed by atoms with van der Waals surface area (Å²) in [6, 6.07) is 13.1. The number of aromatic carboxylic acids is 1. The predicted octanol–water partition coefficient (Wildman–Crippen LogP) is 4.25. The molecule has 0 radical (unpaired) electrons. The lowest BCUT2D eigenvalue weighted by Crippen LogP contribution is -2.16. The number of nitrogens with one attached hydrogen (secondary N) is 1. The number of para-hydroxylation sites is 1. The van der Waals surface area contributed by atoms with Crippen LogP contribution in [0, 0.1) is 6.92 Å². The van der Waals surface area contributed by atoms with Crippen LogP contribution in [0.4, 0.5) is 5.69 Å². The average Bonchev–Trinajstić information content (AvgIpc) is 2.97. The number of carboxylic acids is 1. The fourth-order valence-electron chi connectivity index (χ4n) is 2.44. The number of anilines is 1. The maximum Gasteiger partial charge on any atom is 0.337 e. The zero-order valence-corrected chi connectivity index (χ0v) is 13.9. The molecule has 0 aliphatic heterocycles. The van der Waals surface area contributed by atoms with E-state index in [9.17, 15) is 14.7 Å². The molecule has 0 atom stereocenters. The van der Waals surface area contributed by atoms with Crippen LogP contribution in [0.15, 0.2) is 53.1 Å². The van der Waals surface area contributed by atoms with Crippen LogP contribution in [-0.4, -0.2) is 22.1 Å². The Morgan fingerprint density at radius 2 is 1.80 bits per heavy atom. The Hall–Kier alpha value is -3.12. The van der Waals surface area contributed by atoms with Gasteiger partial charge in [-0.3, -0.25) is 4.79 Å². The molecule has 0 aliphatic carbocycles. The molecule has 1 amide bonds. The van der Waals surface area contributed by atoms with Crippen LogP contribution in [-0.2, 0) is 0 Å². The molecule has 0 unspecified atom stereocenters. The number of aromatic nitrogens is 1. The number of carboxylic acid groups (broad SMARTS) is 1. The maximum absolute atomic E-state index is 12.7. The summed E-state index contributed by atoms with van der Waals surface area (Å²) in [7, 11) is 0. The average molecular weight is 357 g/mol. The van der Waals surface area contributed by atoms with Gasteiger partial charge in [-0.15, -0.1) is 0 Å². The van der Waals surface area contributed by atoms with Crippen LogP contribution in [0.25, 0.3) is 11.3 Å². The third kappa shape index (κ3) is 3.25. The van der Waals surface area contributed by atoms with E-state index in [1.165, 1.54) is 12.1 Å². The first kappa shape index (κ1) is 16.7. The van der Waals surface area contributed by atoms with Crippen molar-refractivity contribution in [2.45, 2.75) is 6.92 Å². The van der Waals surface area contributed by atoms with Crippen molar-refractivity contribution in [1.29, 1.82) is 0 Å². The second-order valence-corrected chi connectivity index (χ2v) is 5.65. The van der Waals surface area contributed by atoms with Gasteiger partial charge in [-0.2, -0.15) is 0 Å². The summed E-state index contributed by atoms with van der Waals surface area (Å²) in [5.74, 6) is -1.35. The number of benzene rings is 2. The molecule has 1 aromatic heterocycles. The summed E-state index contributed by atoms with van der Waals surface area (Å²) in [5.41, 5.74) is 1.23. The van der Waals surface area contributed by atoms with Crippen molar-refractivity contribution in [3.8, 4) is 11.3 Å². The number of carbonyl (C=O) groups excluding carboxylic acids is 1. The van der Waals surface area contributed by atoms with Crippen LogP contribution in [0.5, 0.6) is 0 Å². The third-order valence-electron chi connectivity index (χ3n) is 3.62. The first-order valence-electron chi connectivity index (χ1n) is 7.34. The number of carbonyl (C=O) groups is 2. The molecule has 7 heteroatoms. The zero-order valence-electron chi connectivity index (χ0n) is 13.1. The lowest BCUT2D eigenvalue weighted by Gasteiger charge is -2.09. The van der Waals surface area contributed by atoms with Gasteiger partial charge in [0.2, 0.25) is 0 Å². The Kier molecular flexibility index (Phi) is 4.54. The summed E-state index contributed by atoms with van der Waals surface area (Å²) in [6.45, 7) is 1.60. The van der Waals surface area contributed by atoms with Gasteiger partial charge < -0.3 is 14.9 Å². The smallest absolute Gasteiger partial charge is 0.337 e. The van der Waals surface area contributed by atoms with Gasteiger partial charge in [0.15, 0.2) is 0 Å². The zero-order chi connectivity index (χ0) is 18.0. The van der Waals surface area contributed by atoms with Crippen molar-refractivity contribution in [1.82, 2.24) is 5.16 Å². The number of nitrogens with zero attached hydrogens (tertiary/aromatic N) is 1. The van der Waals surface area contributed by atoms with Crippen LogP contribution < -0.4 is 5.32 Å². The van der Waals surface area contributed by atoms with Crippen LogP contribution >= 0.6 is 11.6 Å². The molecule has 2 N–H and O–H groups in total. The van der Waals surface area contributed by atoms with Gasteiger partial charge in [0, 0.05) is 5.56 Å². The van der Waals surface area contributed by atoms with E-state index in [2.05, 4.69) is 10.5 Å². The summed E-state index contributed by atoms with van der Waals surface area (Å²) in [5, 5.41) is 16.2. The highest BCUT2D eigenvalue weighted by molar-refractivity contribution is 6.33. The Labute approximate surface area is 148 Å². The van der Waals surface area contributed by atoms with Crippen LogP contribution in [0.2, 0.25) is 5.02 Å². The molecule has 25 heavy (non-hydrogen) atoms. The first-order chi connectivity index (χ1) is 12.0. The maximum atomic E-state index is 12.7. The van der Waals surface area contributed by atoms with Gasteiger partial charge in [0.05, 0.1) is 16.3 Å². The van der Waals surface area contributed by atoms with E-state index in [0.29, 0.717) is 22.0 Å². The second-order valence-electron chi connectivity index (χ2n) is 5.25. The molecule has 0 aliphatic rings. The minimum absolute atomic E-state index is 0.00995. The van der Waals surface area contributed by atoms with E-state index >= 15 is 0 Å². The Bertz CT molecular complexity index is 965. The molecule has 3 aromatic rings. The standard InChI is InChI=1S/C18H13ClN2O4/c1-10-15(16(21-25-10)11-6-2-4-8-13(11)19)17(22)20-14-9-5-3-7-12(14)18(23)24/h2-9H,1H3,(H,20,22)(H,23,24). The molecule has 0 bridgehead atoms. The quantitative estimate of drug-likeness (QED) is 0.728. The molecule has 1 heterocycles. The fraction of sp³-hybridized carbons (Fsp3) is 0.0556. The van der Waals surface area contributed by atoms with Crippen molar-refractivity contribution in [3.63, 3.8) is 0 Å². The first-order valence-corrected chi connectivity index (χ1v) is 7.71. The van der Waals surface area contributed by atoms with E-state index in [1.807, 2.05) is 0 Å². The van der Waals surface area contributed by atoms with Gasteiger partial charge >= 0.3 is 5.97 Å². The minimum Gasteiger partial charge on any atom is -0.478 e. The van der Waals surface area contributed by atoms with Gasteiger partial charge in [-0.25, -0.2) is 4.79 Å². The van der Waals surface area contributed by atoms with Gasteiger partial charge in [-0.05, 0) is 25.1 Å². The van der Waals surface area contributed by atoms with Crippen molar-refractivity contribution in [2.75, 3.05) is 5.32 Å². The van der Waals surface area contributed by atoms with E-state index in [-0.39, 0.29) is 16.8 Å². The molecule has 126 valence electrons. The molecular formula is C18H13ClN2O4. The Balaban J connectivity index is 2.01. The van der Waals surface area contributed by atoms with E-state index in [0.717, 1.165) is 0 Å². The number of aryl methyl sites for hydroxylation is 1. The fourth-order valence-corrected chi connectivity index (χ4v) is 2.67. The number of amides is 1. The number of halogens is 1. The summed E-state index contributed by atoms with van der Waals surface area (Å²) < 4.78 is 5.16. The van der Waals surface area contributed by atoms with Crippen molar-refractivity contribution >= 4 is 29.2 Å². The highest BCUT2D eigenvalue weighted by Gasteiger charge is 2.24.